The van der Waals surface area contributed by atoms with E-state index in [-0.39, 0.29) is 13.2 Å². The second kappa shape index (κ2) is 11.8. The van der Waals surface area contributed by atoms with Crippen LogP contribution in [0.2, 0.25) is 0 Å². The zero-order valence-electron chi connectivity index (χ0n) is 22.4. The van der Waals surface area contributed by atoms with Crippen molar-refractivity contribution in [1.82, 2.24) is 14.8 Å². The summed E-state index contributed by atoms with van der Waals surface area (Å²) in [7, 11) is 0. The average molecular weight is 546 g/mol. The van der Waals surface area contributed by atoms with E-state index >= 15 is 0 Å². The number of benzene rings is 3. The second-order valence-electron chi connectivity index (χ2n) is 9.46. The van der Waals surface area contributed by atoms with Gasteiger partial charge in [-0.05, 0) is 47.9 Å². The molecule has 0 radical (unpaired) electrons. The van der Waals surface area contributed by atoms with Crippen LogP contribution in [0.4, 0.5) is 0 Å². The van der Waals surface area contributed by atoms with Crippen molar-refractivity contribution >= 4 is 6.29 Å². The Hall–Kier alpha value is -5.37. The highest BCUT2D eigenvalue weighted by Gasteiger charge is 2.16. The monoisotopic (exact) mass is 545 g/mol. The summed E-state index contributed by atoms with van der Waals surface area (Å²) in [5, 5.41) is 4.50. The van der Waals surface area contributed by atoms with E-state index in [1.54, 1.807) is 29.3 Å². The minimum Gasteiger partial charge on any atom is -0.487 e. The zero-order valence-corrected chi connectivity index (χ0v) is 22.4. The average Bonchev–Trinajstić information content (AvgIpc) is 3.76. The molecule has 0 fully saturated rings. The lowest BCUT2D eigenvalue weighted by atomic mass is 10.0. The zero-order chi connectivity index (χ0) is 28.0. The number of aryl methyl sites for hydroxylation is 1. The fourth-order valence-corrected chi connectivity index (χ4v) is 4.47. The first kappa shape index (κ1) is 25.9. The molecule has 8 nitrogen and oxygen atoms in total. The van der Waals surface area contributed by atoms with Gasteiger partial charge in [-0.3, -0.25) is 9.48 Å². The number of aldehydes is 1. The van der Waals surface area contributed by atoms with Crippen LogP contribution in [0.3, 0.4) is 0 Å². The number of ether oxygens (including phenoxy) is 2. The molecule has 6 aromatic rings. The molecule has 0 saturated carbocycles. The third-order valence-corrected chi connectivity index (χ3v) is 6.56. The lowest BCUT2D eigenvalue weighted by Gasteiger charge is -2.13. The molecule has 0 bridgehead atoms. The molecule has 0 aliphatic heterocycles. The maximum atomic E-state index is 11.7. The first-order valence-electron chi connectivity index (χ1n) is 13.2. The lowest BCUT2D eigenvalue weighted by Crippen LogP contribution is -2.03. The van der Waals surface area contributed by atoms with Crippen LogP contribution < -0.4 is 9.47 Å². The van der Waals surface area contributed by atoms with Crippen molar-refractivity contribution in [2.45, 2.75) is 26.7 Å². The molecule has 8 heteroatoms. The van der Waals surface area contributed by atoms with Gasteiger partial charge in [-0.25, -0.2) is 4.98 Å². The van der Waals surface area contributed by atoms with Crippen molar-refractivity contribution in [3.05, 3.63) is 132 Å². The van der Waals surface area contributed by atoms with E-state index in [0.29, 0.717) is 46.8 Å². The minimum absolute atomic E-state index is 0.229. The van der Waals surface area contributed by atoms with Crippen LogP contribution in [0, 0.1) is 6.92 Å². The van der Waals surface area contributed by atoms with E-state index in [1.165, 1.54) is 0 Å². The standard InChI is InChI=1S/C33H27N3O5/c1-23-29(34-33(41-23)31-13-8-16-38-31)22-39-30-15-14-25(17-28(30)26-11-6-3-7-12-26)21-40-32-27(20-37)19-36(35-32)18-24-9-4-2-5-10-24/h2-17,19-20H,18,21-22H2,1H3. The summed E-state index contributed by atoms with van der Waals surface area (Å²) in [4.78, 5) is 16.3. The molecule has 0 atom stereocenters. The van der Waals surface area contributed by atoms with E-state index in [1.807, 2.05) is 85.8 Å². The SMILES string of the molecule is Cc1oc(-c2ccco2)nc1COc1ccc(COc2nn(Cc3ccccc3)cc2C=O)cc1-c1ccccc1. The Balaban J connectivity index is 1.20. The van der Waals surface area contributed by atoms with E-state index in [0.717, 1.165) is 28.5 Å². The van der Waals surface area contributed by atoms with Gasteiger partial charge in [0.05, 0.1) is 18.4 Å². The van der Waals surface area contributed by atoms with Gasteiger partial charge in [0.1, 0.15) is 30.4 Å². The van der Waals surface area contributed by atoms with Crippen LogP contribution in [0.5, 0.6) is 11.6 Å². The molecule has 3 aromatic heterocycles. The van der Waals surface area contributed by atoms with E-state index < -0.39 is 0 Å². The number of aromatic nitrogens is 3. The number of rotatable bonds is 11. The Morgan fingerprint density at radius 1 is 0.878 bits per heavy atom. The molecular formula is C33H27N3O5. The summed E-state index contributed by atoms with van der Waals surface area (Å²) in [5.41, 5.74) is 4.99. The predicted octanol–water partition coefficient (Wildman–Crippen LogP) is 7.13. The van der Waals surface area contributed by atoms with Crippen molar-refractivity contribution in [2.75, 3.05) is 0 Å². The van der Waals surface area contributed by atoms with Crippen molar-refractivity contribution in [3.63, 3.8) is 0 Å². The molecule has 0 aliphatic carbocycles. The molecule has 6 rings (SSSR count). The molecule has 204 valence electrons. The van der Waals surface area contributed by atoms with Gasteiger partial charge in [0.25, 0.3) is 5.89 Å². The first-order chi connectivity index (χ1) is 20.2. The van der Waals surface area contributed by atoms with Crippen molar-refractivity contribution in [1.29, 1.82) is 0 Å². The Bertz CT molecular complexity index is 1740. The number of carbonyl (C=O) groups is 1. The van der Waals surface area contributed by atoms with E-state index in [9.17, 15) is 4.79 Å². The van der Waals surface area contributed by atoms with Crippen LogP contribution in [-0.4, -0.2) is 21.1 Å². The number of nitrogens with zero attached hydrogens (tertiary/aromatic N) is 3. The van der Waals surface area contributed by atoms with Gasteiger partial charge < -0.3 is 18.3 Å². The number of hydrogen-bond acceptors (Lipinski definition) is 7. The molecule has 3 aromatic carbocycles. The maximum Gasteiger partial charge on any atom is 0.263 e. The Kier molecular flexibility index (Phi) is 7.44. The molecule has 0 amide bonds. The fourth-order valence-electron chi connectivity index (χ4n) is 4.47. The van der Waals surface area contributed by atoms with Gasteiger partial charge in [0.2, 0.25) is 5.88 Å². The lowest BCUT2D eigenvalue weighted by molar-refractivity contribution is 0.111. The van der Waals surface area contributed by atoms with Gasteiger partial charge in [-0.2, -0.15) is 0 Å². The largest absolute Gasteiger partial charge is 0.487 e. The van der Waals surface area contributed by atoms with Gasteiger partial charge in [-0.1, -0.05) is 66.7 Å². The van der Waals surface area contributed by atoms with E-state index in [2.05, 4.69) is 10.1 Å². The topological polar surface area (TPSA) is 92.5 Å². The number of furan rings is 1. The summed E-state index contributed by atoms with van der Waals surface area (Å²) < 4.78 is 25.2. The predicted molar refractivity (Wildman–Crippen MR) is 153 cm³/mol. The summed E-state index contributed by atoms with van der Waals surface area (Å²) >= 11 is 0. The van der Waals surface area contributed by atoms with Crippen LogP contribution in [-0.2, 0) is 19.8 Å². The fraction of sp³-hybridized carbons (Fsp3) is 0.121. The normalized spacial score (nSPS) is 11.0. The van der Waals surface area contributed by atoms with Gasteiger partial charge in [0.15, 0.2) is 12.0 Å². The minimum atomic E-state index is 0.229. The van der Waals surface area contributed by atoms with Crippen molar-refractivity contribution in [3.8, 4) is 34.4 Å². The molecule has 41 heavy (non-hydrogen) atoms. The summed E-state index contributed by atoms with van der Waals surface area (Å²) in [6.45, 7) is 2.86. The van der Waals surface area contributed by atoms with Crippen LogP contribution in [0.15, 0.2) is 112 Å². The highest BCUT2D eigenvalue weighted by atomic mass is 16.5. The Morgan fingerprint density at radius 3 is 2.44 bits per heavy atom. The summed E-state index contributed by atoms with van der Waals surface area (Å²) in [5.74, 6) is 2.65. The highest BCUT2D eigenvalue weighted by Crippen LogP contribution is 2.33. The number of oxazole rings is 1. The molecule has 0 unspecified atom stereocenters. The maximum absolute atomic E-state index is 11.7. The summed E-state index contributed by atoms with van der Waals surface area (Å²) in [6.07, 6.45) is 4.04. The quantitative estimate of drug-likeness (QED) is 0.160. The third kappa shape index (κ3) is 5.96. The molecule has 0 saturated heterocycles. The number of carbonyl (C=O) groups excluding carboxylic acids is 1. The third-order valence-electron chi connectivity index (χ3n) is 6.56. The van der Waals surface area contributed by atoms with E-state index in [4.69, 9.17) is 18.3 Å². The molecule has 0 aliphatic rings. The second-order valence-corrected chi connectivity index (χ2v) is 9.46. The van der Waals surface area contributed by atoms with Crippen molar-refractivity contribution < 1.29 is 23.1 Å². The van der Waals surface area contributed by atoms with Crippen LogP contribution in [0.1, 0.15) is 32.9 Å². The Labute approximate surface area is 236 Å². The van der Waals surface area contributed by atoms with Crippen LogP contribution in [0.25, 0.3) is 22.8 Å². The van der Waals surface area contributed by atoms with Crippen molar-refractivity contribution in [2.24, 2.45) is 0 Å². The number of hydrogen-bond donors (Lipinski definition) is 0. The highest BCUT2D eigenvalue weighted by molar-refractivity contribution is 5.77. The summed E-state index contributed by atoms with van der Waals surface area (Å²) in [6, 6.07) is 29.4. The van der Waals surface area contributed by atoms with Crippen LogP contribution >= 0.6 is 0 Å². The smallest absolute Gasteiger partial charge is 0.263 e. The Morgan fingerprint density at radius 2 is 1.68 bits per heavy atom. The van der Waals surface area contributed by atoms with Gasteiger partial charge in [-0.15, -0.1) is 5.10 Å². The van der Waals surface area contributed by atoms with Gasteiger partial charge in [0, 0.05) is 11.8 Å². The molecular weight excluding hydrogens is 518 g/mol. The van der Waals surface area contributed by atoms with Gasteiger partial charge >= 0.3 is 0 Å². The molecule has 3 heterocycles. The first-order valence-corrected chi connectivity index (χ1v) is 13.2. The molecule has 0 N–H and O–H groups in total. The molecule has 0 spiro atoms.